The Kier molecular flexibility index (Phi) is 3.99. The fourth-order valence-electron chi connectivity index (χ4n) is 1.76. The van der Waals surface area contributed by atoms with Crippen LogP contribution in [0.2, 0.25) is 0 Å². The zero-order chi connectivity index (χ0) is 11.2. The Morgan fingerprint density at radius 3 is 3.25 bits per heavy atom. The lowest BCUT2D eigenvalue weighted by Gasteiger charge is -2.12. The summed E-state index contributed by atoms with van der Waals surface area (Å²) in [6.07, 6.45) is 6.02. The zero-order valence-electron chi connectivity index (χ0n) is 9.61. The number of pyridine rings is 1. The summed E-state index contributed by atoms with van der Waals surface area (Å²) < 4.78 is 11.1. The summed E-state index contributed by atoms with van der Waals surface area (Å²) in [5, 5.41) is 3.20. The Morgan fingerprint density at radius 1 is 1.56 bits per heavy atom. The molecule has 0 bridgehead atoms. The van der Waals surface area contributed by atoms with Gasteiger partial charge in [0.25, 0.3) is 0 Å². The number of ether oxygens (including phenoxy) is 2. The Labute approximate surface area is 96.0 Å². The van der Waals surface area contributed by atoms with Gasteiger partial charge in [-0.25, -0.2) is 0 Å². The largest absolute Gasteiger partial charge is 0.489 e. The summed E-state index contributed by atoms with van der Waals surface area (Å²) in [6, 6.07) is 1.96. The maximum Gasteiger partial charge on any atom is 0.139 e. The molecule has 1 unspecified atom stereocenters. The number of hydrogen-bond acceptors (Lipinski definition) is 4. The van der Waals surface area contributed by atoms with Crippen molar-refractivity contribution >= 4 is 5.69 Å². The van der Waals surface area contributed by atoms with E-state index < -0.39 is 0 Å². The van der Waals surface area contributed by atoms with Crippen molar-refractivity contribution in [3.63, 3.8) is 0 Å². The predicted octanol–water partition coefficient (Wildman–Crippen LogP) is 2.07. The summed E-state index contributed by atoms with van der Waals surface area (Å²) in [7, 11) is 0. The van der Waals surface area contributed by atoms with E-state index in [1.54, 1.807) is 12.4 Å². The normalized spacial score (nSPS) is 19.7. The van der Waals surface area contributed by atoms with Gasteiger partial charge in [-0.05, 0) is 19.8 Å². The van der Waals surface area contributed by atoms with Crippen LogP contribution < -0.4 is 10.1 Å². The van der Waals surface area contributed by atoms with Gasteiger partial charge in [-0.3, -0.25) is 4.98 Å². The Balaban J connectivity index is 1.85. The molecule has 1 aliphatic heterocycles. The van der Waals surface area contributed by atoms with Crippen molar-refractivity contribution in [2.45, 2.75) is 25.9 Å². The molecule has 0 radical (unpaired) electrons. The Bertz CT molecular complexity index is 325. The summed E-state index contributed by atoms with van der Waals surface area (Å²) in [5.41, 5.74) is 0.993. The molecule has 88 valence electrons. The molecule has 1 aliphatic rings. The molecule has 0 aromatic carbocycles. The molecule has 0 spiro atoms. The molecule has 4 heteroatoms. The van der Waals surface area contributed by atoms with Gasteiger partial charge in [0.2, 0.25) is 0 Å². The standard InChI is InChI=1S/C12H18N2O2/c1-2-14-10-6-12(8-13-7-10)16-9-11-4-3-5-15-11/h6-8,11,14H,2-5,9H2,1H3. The third-order valence-electron chi connectivity index (χ3n) is 2.55. The van der Waals surface area contributed by atoms with Gasteiger partial charge in [-0.1, -0.05) is 0 Å². The molecule has 16 heavy (non-hydrogen) atoms. The highest BCUT2D eigenvalue weighted by molar-refractivity contribution is 5.44. The minimum Gasteiger partial charge on any atom is -0.489 e. The predicted molar refractivity (Wildman–Crippen MR) is 62.9 cm³/mol. The van der Waals surface area contributed by atoms with Crippen molar-refractivity contribution in [1.29, 1.82) is 0 Å². The van der Waals surface area contributed by atoms with Gasteiger partial charge in [0.15, 0.2) is 0 Å². The van der Waals surface area contributed by atoms with Crippen molar-refractivity contribution in [2.75, 3.05) is 25.1 Å². The van der Waals surface area contributed by atoms with Gasteiger partial charge in [0, 0.05) is 19.2 Å². The van der Waals surface area contributed by atoms with E-state index in [1.807, 2.05) is 6.07 Å². The number of hydrogen-bond donors (Lipinski definition) is 1. The van der Waals surface area contributed by atoms with E-state index in [2.05, 4.69) is 17.2 Å². The van der Waals surface area contributed by atoms with Crippen molar-refractivity contribution in [1.82, 2.24) is 4.98 Å². The van der Waals surface area contributed by atoms with Crippen LogP contribution in [0.4, 0.5) is 5.69 Å². The van der Waals surface area contributed by atoms with Crippen molar-refractivity contribution in [2.24, 2.45) is 0 Å². The first-order valence-corrected chi connectivity index (χ1v) is 5.82. The second-order valence-corrected chi connectivity index (χ2v) is 3.89. The maximum absolute atomic E-state index is 5.65. The van der Waals surface area contributed by atoms with Crippen molar-refractivity contribution in [3.05, 3.63) is 18.5 Å². The second-order valence-electron chi connectivity index (χ2n) is 3.89. The van der Waals surface area contributed by atoms with E-state index >= 15 is 0 Å². The summed E-state index contributed by atoms with van der Waals surface area (Å²) in [5.74, 6) is 0.800. The van der Waals surface area contributed by atoms with E-state index in [0.717, 1.165) is 37.4 Å². The quantitative estimate of drug-likeness (QED) is 0.828. The van der Waals surface area contributed by atoms with Gasteiger partial charge in [0.1, 0.15) is 12.4 Å². The van der Waals surface area contributed by atoms with Crippen LogP contribution in [0.15, 0.2) is 18.5 Å². The number of rotatable bonds is 5. The molecule has 0 aliphatic carbocycles. The molecule has 1 saturated heterocycles. The molecule has 2 rings (SSSR count). The van der Waals surface area contributed by atoms with E-state index in [1.165, 1.54) is 0 Å². The van der Waals surface area contributed by atoms with Crippen LogP contribution >= 0.6 is 0 Å². The monoisotopic (exact) mass is 222 g/mol. The number of nitrogens with zero attached hydrogens (tertiary/aromatic N) is 1. The van der Waals surface area contributed by atoms with Crippen LogP contribution in [0.3, 0.4) is 0 Å². The number of anilines is 1. The van der Waals surface area contributed by atoms with Crippen LogP contribution in [0.1, 0.15) is 19.8 Å². The highest BCUT2D eigenvalue weighted by Crippen LogP contribution is 2.17. The number of aromatic nitrogens is 1. The third kappa shape index (κ3) is 3.10. The van der Waals surface area contributed by atoms with E-state index in [-0.39, 0.29) is 6.10 Å². The highest BCUT2D eigenvalue weighted by atomic mass is 16.5. The van der Waals surface area contributed by atoms with Crippen molar-refractivity contribution in [3.8, 4) is 5.75 Å². The fraction of sp³-hybridized carbons (Fsp3) is 0.583. The second kappa shape index (κ2) is 5.70. The molecule has 1 aromatic rings. The first-order chi connectivity index (χ1) is 7.88. The highest BCUT2D eigenvalue weighted by Gasteiger charge is 2.15. The molecule has 0 amide bonds. The molecule has 1 fully saturated rings. The summed E-state index contributed by atoms with van der Waals surface area (Å²) >= 11 is 0. The average molecular weight is 222 g/mol. The molecule has 1 N–H and O–H groups in total. The topological polar surface area (TPSA) is 43.4 Å². The molecule has 2 heterocycles. The molecule has 4 nitrogen and oxygen atoms in total. The van der Waals surface area contributed by atoms with Gasteiger partial charge in [-0.15, -0.1) is 0 Å². The third-order valence-corrected chi connectivity index (χ3v) is 2.55. The van der Waals surface area contributed by atoms with E-state index in [9.17, 15) is 0 Å². The fourth-order valence-corrected chi connectivity index (χ4v) is 1.76. The molecular formula is C12H18N2O2. The van der Waals surface area contributed by atoms with Crippen LogP contribution in [-0.4, -0.2) is 30.8 Å². The minimum absolute atomic E-state index is 0.253. The van der Waals surface area contributed by atoms with Gasteiger partial charge in [-0.2, -0.15) is 0 Å². The van der Waals surface area contributed by atoms with Crippen LogP contribution in [0.25, 0.3) is 0 Å². The Morgan fingerprint density at radius 2 is 2.50 bits per heavy atom. The minimum atomic E-state index is 0.253. The molecule has 0 saturated carbocycles. The summed E-state index contributed by atoms with van der Waals surface area (Å²) in [4.78, 5) is 4.12. The first kappa shape index (κ1) is 11.2. The van der Waals surface area contributed by atoms with E-state index in [0.29, 0.717) is 6.61 Å². The zero-order valence-corrected chi connectivity index (χ0v) is 9.61. The summed E-state index contributed by atoms with van der Waals surface area (Å²) in [6.45, 7) is 4.43. The lowest BCUT2D eigenvalue weighted by Crippen LogP contribution is -2.16. The number of nitrogens with one attached hydrogen (secondary N) is 1. The smallest absolute Gasteiger partial charge is 0.139 e. The first-order valence-electron chi connectivity index (χ1n) is 5.82. The van der Waals surface area contributed by atoms with Gasteiger partial charge < -0.3 is 14.8 Å². The van der Waals surface area contributed by atoms with Gasteiger partial charge in [0.05, 0.1) is 24.2 Å². The molecule has 1 atom stereocenters. The molecular weight excluding hydrogens is 204 g/mol. The lowest BCUT2D eigenvalue weighted by atomic mass is 10.2. The van der Waals surface area contributed by atoms with Crippen LogP contribution in [0.5, 0.6) is 5.75 Å². The van der Waals surface area contributed by atoms with Crippen LogP contribution in [-0.2, 0) is 4.74 Å². The maximum atomic E-state index is 5.65. The van der Waals surface area contributed by atoms with Gasteiger partial charge >= 0.3 is 0 Å². The SMILES string of the molecule is CCNc1cncc(OCC2CCCO2)c1. The molecule has 1 aromatic heterocycles. The van der Waals surface area contributed by atoms with E-state index in [4.69, 9.17) is 9.47 Å². The average Bonchev–Trinajstić information content (AvgIpc) is 2.80. The lowest BCUT2D eigenvalue weighted by molar-refractivity contribution is 0.0678. The van der Waals surface area contributed by atoms with Crippen molar-refractivity contribution < 1.29 is 9.47 Å². The Hall–Kier alpha value is -1.29. The van der Waals surface area contributed by atoms with Crippen LogP contribution in [0, 0.1) is 0 Å².